The van der Waals surface area contributed by atoms with Crippen LogP contribution < -0.4 is 5.73 Å². The lowest BCUT2D eigenvalue weighted by atomic mass is 10.4. The summed E-state index contributed by atoms with van der Waals surface area (Å²) < 4.78 is 0. The average Bonchev–Trinajstić information content (AvgIpc) is 2.11. The summed E-state index contributed by atoms with van der Waals surface area (Å²) in [6.07, 6.45) is 0. The summed E-state index contributed by atoms with van der Waals surface area (Å²) >= 11 is 13.1. The van der Waals surface area contributed by atoms with Crippen LogP contribution in [0.1, 0.15) is 6.92 Å². The van der Waals surface area contributed by atoms with Crippen LogP contribution in [-0.2, 0) is 4.79 Å². The van der Waals surface area contributed by atoms with E-state index in [0.717, 1.165) is 0 Å². The minimum absolute atomic E-state index is 0.340. The van der Waals surface area contributed by atoms with E-state index in [-0.39, 0.29) is 11.2 Å². The van der Waals surface area contributed by atoms with Crippen molar-refractivity contribution in [1.82, 2.24) is 0 Å². The first-order valence-corrected chi connectivity index (χ1v) is 5.56. The zero-order valence-corrected chi connectivity index (χ0v) is 9.79. The van der Waals surface area contributed by atoms with Gasteiger partial charge >= 0.3 is 0 Å². The number of hydrogen-bond donors (Lipinski definition) is 1. The monoisotopic (exact) mass is 249 g/mol. The number of benzene rings is 1. The van der Waals surface area contributed by atoms with Gasteiger partial charge in [-0.15, -0.1) is 11.8 Å². The Labute approximate surface area is 96.8 Å². The van der Waals surface area contributed by atoms with Crippen molar-refractivity contribution in [2.45, 2.75) is 17.1 Å². The van der Waals surface area contributed by atoms with Crippen molar-refractivity contribution in [2.75, 3.05) is 0 Å². The van der Waals surface area contributed by atoms with Crippen molar-refractivity contribution < 1.29 is 4.79 Å². The Kier molecular flexibility index (Phi) is 4.11. The molecular formula is C9H9Cl2NOS. The summed E-state index contributed by atoms with van der Waals surface area (Å²) in [5.74, 6) is -0.383. The van der Waals surface area contributed by atoms with E-state index in [2.05, 4.69) is 0 Å². The standard InChI is InChI=1S/C9H9Cl2NOS/c1-5(9(12)13)14-8-6(10)3-2-4-7(8)11/h2-5H,1H3,(H2,12,13). The van der Waals surface area contributed by atoms with Gasteiger partial charge in [-0.2, -0.15) is 0 Å². The summed E-state index contributed by atoms with van der Waals surface area (Å²) in [7, 11) is 0. The minimum Gasteiger partial charge on any atom is -0.369 e. The van der Waals surface area contributed by atoms with Crippen molar-refractivity contribution in [3.05, 3.63) is 28.2 Å². The lowest BCUT2D eigenvalue weighted by Crippen LogP contribution is -2.22. The van der Waals surface area contributed by atoms with Crippen LogP contribution in [0.25, 0.3) is 0 Å². The molecule has 0 aliphatic carbocycles. The van der Waals surface area contributed by atoms with E-state index in [4.69, 9.17) is 28.9 Å². The molecule has 0 aliphatic rings. The van der Waals surface area contributed by atoms with E-state index in [1.165, 1.54) is 11.8 Å². The van der Waals surface area contributed by atoms with E-state index < -0.39 is 0 Å². The molecule has 1 rings (SSSR count). The van der Waals surface area contributed by atoms with E-state index >= 15 is 0 Å². The SMILES string of the molecule is CC(Sc1c(Cl)cccc1Cl)C(N)=O. The van der Waals surface area contributed by atoms with Crippen LogP contribution in [-0.4, -0.2) is 11.2 Å². The predicted molar refractivity (Wildman–Crippen MR) is 61.0 cm³/mol. The molecule has 0 heterocycles. The molecule has 0 bridgehead atoms. The van der Waals surface area contributed by atoms with Crippen LogP contribution in [0, 0.1) is 0 Å². The normalized spacial score (nSPS) is 12.5. The summed E-state index contributed by atoms with van der Waals surface area (Å²) in [5.41, 5.74) is 5.14. The molecule has 0 fully saturated rings. The lowest BCUT2D eigenvalue weighted by Gasteiger charge is -2.09. The summed E-state index contributed by atoms with van der Waals surface area (Å²) in [6.45, 7) is 1.71. The summed E-state index contributed by atoms with van der Waals surface area (Å²) in [6, 6.07) is 5.20. The molecule has 1 aromatic carbocycles. The maximum Gasteiger partial charge on any atom is 0.230 e. The maximum absolute atomic E-state index is 10.8. The number of primary amides is 1. The topological polar surface area (TPSA) is 43.1 Å². The van der Waals surface area contributed by atoms with Gasteiger partial charge in [-0.05, 0) is 19.1 Å². The molecule has 0 spiro atoms. The van der Waals surface area contributed by atoms with E-state index in [1.807, 2.05) is 0 Å². The molecule has 1 amide bonds. The highest BCUT2D eigenvalue weighted by atomic mass is 35.5. The third-order valence-electron chi connectivity index (χ3n) is 1.61. The van der Waals surface area contributed by atoms with E-state index in [9.17, 15) is 4.79 Å². The van der Waals surface area contributed by atoms with Crippen LogP contribution in [0.3, 0.4) is 0 Å². The second kappa shape index (κ2) is 4.91. The van der Waals surface area contributed by atoms with Crippen molar-refractivity contribution in [1.29, 1.82) is 0 Å². The number of thioether (sulfide) groups is 1. The third-order valence-corrected chi connectivity index (χ3v) is 3.73. The number of carbonyl (C=O) groups is 1. The first kappa shape index (κ1) is 11.7. The molecule has 14 heavy (non-hydrogen) atoms. The van der Waals surface area contributed by atoms with Gasteiger partial charge in [0.2, 0.25) is 5.91 Å². The van der Waals surface area contributed by atoms with Gasteiger partial charge in [-0.1, -0.05) is 29.3 Å². The number of carbonyl (C=O) groups excluding carboxylic acids is 1. The second-order valence-electron chi connectivity index (χ2n) is 2.71. The van der Waals surface area contributed by atoms with Crippen LogP contribution in [0.15, 0.2) is 23.1 Å². The molecule has 0 aliphatic heterocycles. The smallest absolute Gasteiger partial charge is 0.230 e. The second-order valence-corrected chi connectivity index (χ2v) is 4.88. The number of nitrogens with two attached hydrogens (primary N) is 1. The fourth-order valence-electron chi connectivity index (χ4n) is 0.830. The zero-order valence-electron chi connectivity index (χ0n) is 7.46. The van der Waals surface area contributed by atoms with Gasteiger partial charge in [0.05, 0.1) is 15.3 Å². The molecular weight excluding hydrogens is 241 g/mol. The van der Waals surface area contributed by atoms with Crippen molar-refractivity contribution in [2.24, 2.45) is 5.73 Å². The molecule has 2 N–H and O–H groups in total. The molecule has 5 heteroatoms. The molecule has 2 nitrogen and oxygen atoms in total. The number of rotatable bonds is 3. The molecule has 0 saturated heterocycles. The summed E-state index contributed by atoms with van der Waals surface area (Å²) in [4.78, 5) is 11.5. The molecule has 76 valence electrons. The molecule has 1 atom stereocenters. The van der Waals surface area contributed by atoms with Gasteiger partial charge in [-0.25, -0.2) is 0 Å². The van der Waals surface area contributed by atoms with Gasteiger partial charge in [0.25, 0.3) is 0 Å². The van der Waals surface area contributed by atoms with E-state index in [0.29, 0.717) is 14.9 Å². The third kappa shape index (κ3) is 2.80. The van der Waals surface area contributed by atoms with Crippen LogP contribution in [0.2, 0.25) is 10.0 Å². The highest BCUT2D eigenvalue weighted by Gasteiger charge is 2.14. The number of amides is 1. The van der Waals surface area contributed by atoms with E-state index in [1.54, 1.807) is 25.1 Å². The van der Waals surface area contributed by atoms with Gasteiger partial charge in [-0.3, -0.25) is 4.79 Å². The Bertz CT molecular complexity index is 336. The number of halogens is 2. The van der Waals surface area contributed by atoms with Crippen LogP contribution in [0.4, 0.5) is 0 Å². The highest BCUT2D eigenvalue weighted by Crippen LogP contribution is 2.35. The number of hydrogen-bond acceptors (Lipinski definition) is 2. The molecule has 0 saturated carbocycles. The maximum atomic E-state index is 10.8. The molecule has 0 aromatic heterocycles. The quantitative estimate of drug-likeness (QED) is 0.838. The Morgan fingerprint density at radius 3 is 2.36 bits per heavy atom. The van der Waals surface area contributed by atoms with Gasteiger partial charge < -0.3 is 5.73 Å². The largest absolute Gasteiger partial charge is 0.369 e. The predicted octanol–water partition coefficient (Wildman–Crippen LogP) is 2.96. The van der Waals surface area contributed by atoms with Gasteiger partial charge in [0, 0.05) is 4.90 Å². The fraction of sp³-hybridized carbons (Fsp3) is 0.222. The Morgan fingerprint density at radius 1 is 1.43 bits per heavy atom. The molecule has 0 radical (unpaired) electrons. The van der Waals surface area contributed by atoms with Crippen molar-refractivity contribution in [3.8, 4) is 0 Å². The Morgan fingerprint density at radius 2 is 1.93 bits per heavy atom. The lowest BCUT2D eigenvalue weighted by molar-refractivity contribution is -0.117. The Hall–Kier alpha value is -0.380. The molecule has 1 unspecified atom stereocenters. The van der Waals surface area contributed by atoms with Crippen molar-refractivity contribution >= 4 is 40.9 Å². The first-order chi connectivity index (χ1) is 6.52. The molecule has 1 aromatic rings. The Balaban J connectivity index is 2.91. The van der Waals surface area contributed by atoms with Gasteiger partial charge in [0.15, 0.2) is 0 Å². The first-order valence-electron chi connectivity index (χ1n) is 3.92. The van der Waals surface area contributed by atoms with Crippen LogP contribution in [0.5, 0.6) is 0 Å². The van der Waals surface area contributed by atoms with Gasteiger partial charge in [0.1, 0.15) is 0 Å². The average molecular weight is 250 g/mol. The minimum atomic E-state index is -0.383. The zero-order chi connectivity index (χ0) is 10.7. The fourth-order valence-corrected chi connectivity index (χ4v) is 2.33. The van der Waals surface area contributed by atoms with Crippen molar-refractivity contribution in [3.63, 3.8) is 0 Å². The summed E-state index contributed by atoms with van der Waals surface area (Å²) in [5, 5.41) is 0.735. The van der Waals surface area contributed by atoms with Crippen LogP contribution >= 0.6 is 35.0 Å². The highest BCUT2D eigenvalue weighted by molar-refractivity contribution is 8.00.